The Bertz CT molecular complexity index is 674. The zero-order valence-electron chi connectivity index (χ0n) is 10.2. The van der Waals surface area contributed by atoms with Gasteiger partial charge in [-0.2, -0.15) is 0 Å². The highest BCUT2D eigenvalue weighted by Crippen LogP contribution is 2.42. The molecule has 1 atom stereocenters. The SMILES string of the molecule is Nc1nc(-c2ccco2)c(C2CCCCS2(=O)=O)s1. The van der Waals surface area contributed by atoms with Crippen molar-refractivity contribution in [3.05, 3.63) is 23.3 Å². The molecule has 0 aromatic carbocycles. The second kappa shape index (κ2) is 4.64. The Balaban J connectivity index is 2.10. The molecule has 102 valence electrons. The first kappa shape index (κ1) is 12.7. The number of sulfone groups is 1. The summed E-state index contributed by atoms with van der Waals surface area (Å²) in [6.07, 6.45) is 3.84. The van der Waals surface area contributed by atoms with Crippen LogP contribution in [0.5, 0.6) is 0 Å². The molecule has 3 rings (SSSR count). The first-order valence-corrected chi connectivity index (χ1v) is 8.63. The molecular formula is C12H14N2O3S2. The number of hydrogen-bond donors (Lipinski definition) is 1. The molecular weight excluding hydrogens is 284 g/mol. The monoisotopic (exact) mass is 298 g/mol. The van der Waals surface area contributed by atoms with Crippen molar-refractivity contribution in [1.29, 1.82) is 0 Å². The van der Waals surface area contributed by atoms with Gasteiger partial charge >= 0.3 is 0 Å². The van der Waals surface area contributed by atoms with Gasteiger partial charge in [0.25, 0.3) is 0 Å². The van der Waals surface area contributed by atoms with Crippen LogP contribution in [0.1, 0.15) is 29.4 Å². The number of anilines is 1. The van der Waals surface area contributed by atoms with Gasteiger partial charge in [-0.15, -0.1) is 11.3 Å². The summed E-state index contributed by atoms with van der Waals surface area (Å²) in [5.41, 5.74) is 6.32. The summed E-state index contributed by atoms with van der Waals surface area (Å²) in [5, 5.41) is -0.113. The lowest BCUT2D eigenvalue weighted by molar-refractivity contribution is 0.546. The minimum atomic E-state index is -3.10. The average molecular weight is 298 g/mol. The molecule has 2 aromatic rings. The fraction of sp³-hybridized carbons (Fsp3) is 0.417. The van der Waals surface area contributed by atoms with Crippen LogP contribution >= 0.6 is 11.3 Å². The number of rotatable bonds is 2. The molecule has 19 heavy (non-hydrogen) atoms. The average Bonchev–Trinajstić information content (AvgIpc) is 2.97. The van der Waals surface area contributed by atoms with Crippen molar-refractivity contribution in [2.75, 3.05) is 11.5 Å². The van der Waals surface area contributed by atoms with Gasteiger partial charge in [0.05, 0.1) is 22.1 Å². The Morgan fingerprint density at radius 3 is 2.95 bits per heavy atom. The predicted octanol–water partition coefficient (Wildman–Crippen LogP) is 2.63. The van der Waals surface area contributed by atoms with E-state index in [-0.39, 0.29) is 5.75 Å². The third-order valence-corrected chi connectivity index (χ3v) is 6.64. The molecule has 3 heterocycles. The highest BCUT2D eigenvalue weighted by Gasteiger charge is 2.34. The van der Waals surface area contributed by atoms with Crippen molar-refractivity contribution in [3.63, 3.8) is 0 Å². The minimum Gasteiger partial charge on any atom is -0.463 e. The second-order valence-corrected chi connectivity index (χ2v) is 7.96. The van der Waals surface area contributed by atoms with Crippen LogP contribution in [0.4, 0.5) is 5.13 Å². The van der Waals surface area contributed by atoms with Crippen molar-refractivity contribution >= 4 is 26.3 Å². The number of nitrogen functional groups attached to an aromatic ring is 1. The molecule has 0 bridgehead atoms. The smallest absolute Gasteiger partial charge is 0.180 e. The third-order valence-electron chi connectivity index (χ3n) is 3.30. The van der Waals surface area contributed by atoms with Crippen LogP contribution in [0.3, 0.4) is 0 Å². The van der Waals surface area contributed by atoms with Gasteiger partial charge in [-0.25, -0.2) is 13.4 Å². The Morgan fingerprint density at radius 2 is 2.26 bits per heavy atom. The number of aromatic nitrogens is 1. The van der Waals surface area contributed by atoms with E-state index < -0.39 is 15.1 Å². The lowest BCUT2D eigenvalue weighted by Gasteiger charge is -2.21. The number of hydrogen-bond acceptors (Lipinski definition) is 6. The standard InChI is InChI=1S/C12H14N2O3S2/c13-12-14-10(8-4-3-6-17-8)11(18-12)9-5-1-2-7-19(9,15)16/h3-4,6,9H,1-2,5,7H2,(H2,13,14). The first-order chi connectivity index (χ1) is 9.08. The van der Waals surface area contributed by atoms with Crippen molar-refractivity contribution in [1.82, 2.24) is 4.98 Å². The molecule has 1 aliphatic rings. The summed E-state index contributed by atoms with van der Waals surface area (Å²) in [6.45, 7) is 0. The third kappa shape index (κ3) is 2.28. The van der Waals surface area contributed by atoms with E-state index in [0.717, 1.165) is 12.8 Å². The van der Waals surface area contributed by atoms with Crippen LogP contribution < -0.4 is 5.73 Å². The molecule has 2 aromatic heterocycles. The molecule has 0 aliphatic carbocycles. The van der Waals surface area contributed by atoms with Crippen molar-refractivity contribution < 1.29 is 12.8 Å². The number of nitrogens with zero attached hydrogens (tertiary/aromatic N) is 1. The topological polar surface area (TPSA) is 86.2 Å². The quantitative estimate of drug-likeness (QED) is 0.921. The van der Waals surface area contributed by atoms with E-state index in [0.29, 0.717) is 27.9 Å². The maximum absolute atomic E-state index is 12.2. The summed E-state index contributed by atoms with van der Waals surface area (Å²) in [6, 6.07) is 3.53. The molecule has 2 N–H and O–H groups in total. The highest BCUT2D eigenvalue weighted by molar-refractivity contribution is 7.91. The molecule has 1 unspecified atom stereocenters. The number of thiazole rings is 1. The van der Waals surface area contributed by atoms with Crippen LogP contribution in [0.15, 0.2) is 22.8 Å². The zero-order chi connectivity index (χ0) is 13.5. The van der Waals surface area contributed by atoms with Gasteiger partial charge in [0.15, 0.2) is 20.7 Å². The van der Waals surface area contributed by atoms with E-state index in [1.807, 2.05) is 0 Å². The molecule has 0 amide bonds. The fourth-order valence-corrected chi connectivity index (χ4v) is 5.70. The largest absolute Gasteiger partial charge is 0.463 e. The second-order valence-electron chi connectivity index (χ2n) is 4.59. The number of nitrogens with two attached hydrogens (primary N) is 1. The predicted molar refractivity (Wildman–Crippen MR) is 74.6 cm³/mol. The van der Waals surface area contributed by atoms with Crippen molar-refractivity contribution in [3.8, 4) is 11.5 Å². The van der Waals surface area contributed by atoms with Gasteiger partial charge in [-0.05, 0) is 25.0 Å². The maximum atomic E-state index is 12.2. The van der Waals surface area contributed by atoms with E-state index >= 15 is 0 Å². The summed E-state index contributed by atoms with van der Waals surface area (Å²) in [4.78, 5) is 4.95. The Labute approximate surface area is 115 Å². The summed E-state index contributed by atoms with van der Waals surface area (Å²) in [5.74, 6) is 0.816. The summed E-state index contributed by atoms with van der Waals surface area (Å²) >= 11 is 1.25. The van der Waals surface area contributed by atoms with Gasteiger partial charge < -0.3 is 10.2 Å². The molecule has 0 radical (unpaired) electrons. The van der Waals surface area contributed by atoms with Gasteiger partial charge in [0.2, 0.25) is 0 Å². The molecule has 0 spiro atoms. The molecule has 5 nitrogen and oxygen atoms in total. The fourth-order valence-electron chi connectivity index (χ4n) is 2.41. The zero-order valence-corrected chi connectivity index (χ0v) is 11.8. The van der Waals surface area contributed by atoms with Gasteiger partial charge in [-0.3, -0.25) is 0 Å². The normalized spacial score (nSPS) is 22.4. The van der Waals surface area contributed by atoms with Gasteiger partial charge in [0.1, 0.15) is 5.69 Å². The van der Waals surface area contributed by atoms with Gasteiger partial charge in [-0.1, -0.05) is 6.42 Å². The summed E-state index contributed by atoms with van der Waals surface area (Å²) in [7, 11) is -3.10. The highest BCUT2D eigenvalue weighted by atomic mass is 32.2. The van der Waals surface area contributed by atoms with E-state index in [1.165, 1.54) is 11.3 Å². The van der Waals surface area contributed by atoms with E-state index in [2.05, 4.69) is 4.98 Å². The van der Waals surface area contributed by atoms with E-state index in [9.17, 15) is 8.42 Å². The Hall–Kier alpha value is -1.34. The van der Waals surface area contributed by atoms with Crippen LogP contribution in [0.2, 0.25) is 0 Å². The van der Waals surface area contributed by atoms with Gasteiger partial charge in [0, 0.05) is 0 Å². The van der Waals surface area contributed by atoms with Crippen LogP contribution in [0, 0.1) is 0 Å². The summed E-state index contributed by atoms with van der Waals surface area (Å²) < 4.78 is 29.8. The Morgan fingerprint density at radius 1 is 1.42 bits per heavy atom. The van der Waals surface area contributed by atoms with Crippen molar-refractivity contribution in [2.24, 2.45) is 0 Å². The van der Waals surface area contributed by atoms with Crippen LogP contribution in [-0.4, -0.2) is 19.2 Å². The lowest BCUT2D eigenvalue weighted by atomic mass is 10.1. The van der Waals surface area contributed by atoms with Crippen LogP contribution in [0.25, 0.3) is 11.5 Å². The molecule has 1 saturated heterocycles. The van der Waals surface area contributed by atoms with E-state index in [4.69, 9.17) is 10.2 Å². The maximum Gasteiger partial charge on any atom is 0.180 e. The molecule has 7 heteroatoms. The van der Waals surface area contributed by atoms with Crippen LogP contribution in [-0.2, 0) is 9.84 Å². The number of furan rings is 1. The van der Waals surface area contributed by atoms with E-state index in [1.54, 1.807) is 18.4 Å². The first-order valence-electron chi connectivity index (χ1n) is 6.09. The lowest BCUT2D eigenvalue weighted by Crippen LogP contribution is -2.21. The minimum absolute atomic E-state index is 0.243. The molecule has 1 fully saturated rings. The Kier molecular flexibility index (Phi) is 3.10. The van der Waals surface area contributed by atoms with Crippen molar-refractivity contribution in [2.45, 2.75) is 24.5 Å². The molecule has 0 saturated carbocycles. The molecule has 1 aliphatic heterocycles.